The molecule has 2 heterocycles. The Labute approximate surface area is 352 Å². The van der Waals surface area contributed by atoms with Gasteiger partial charge in [0.25, 0.3) is 0 Å². The van der Waals surface area contributed by atoms with Crippen molar-refractivity contribution in [2.24, 2.45) is 5.41 Å². The first-order chi connectivity index (χ1) is 28.6. The Kier molecular flexibility index (Phi) is 17.8. The van der Waals surface area contributed by atoms with Crippen LogP contribution in [0.3, 0.4) is 0 Å². The maximum atomic E-state index is 13.4. The smallest absolute Gasteiger partial charge is 0.410 e. The molecule has 2 fully saturated rings. The summed E-state index contributed by atoms with van der Waals surface area (Å²) in [6, 6.07) is 40.1. The molecule has 0 aliphatic carbocycles. The van der Waals surface area contributed by atoms with E-state index in [0.717, 1.165) is 56.3 Å². The zero-order valence-corrected chi connectivity index (χ0v) is 35.6. The second-order valence-electron chi connectivity index (χ2n) is 16.7. The first kappa shape index (κ1) is 44.9. The second-order valence-corrected chi connectivity index (χ2v) is 16.7. The predicted molar refractivity (Wildman–Crippen MR) is 235 cm³/mol. The van der Waals surface area contributed by atoms with Gasteiger partial charge in [-0.2, -0.15) is 0 Å². The van der Waals surface area contributed by atoms with Crippen molar-refractivity contribution in [2.45, 2.75) is 90.6 Å². The lowest BCUT2D eigenvalue weighted by Crippen LogP contribution is -2.55. The number of nitrogens with one attached hydrogen (secondary N) is 2. The van der Waals surface area contributed by atoms with Crippen molar-refractivity contribution in [3.63, 3.8) is 0 Å². The fourth-order valence-electron chi connectivity index (χ4n) is 7.79. The fourth-order valence-corrected chi connectivity index (χ4v) is 7.79. The summed E-state index contributed by atoms with van der Waals surface area (Å²) in [6.45, 7) is 11.0. The van der Waals surface area contributed by atoms with Crippen molar-refractivity contribution in [3.05, 3.63) is 144 Å². The number of rotatable bonds is 16. The summed E-state index contributed by atoms with van der Waals surface area (Å²) in [6.07, 6.45) is 5.15. The van der Waals surface area contributed by atoms with Crippen LogP contribution >= 0.6 is 0 Å². The van der Waals surface area contributed by atoms with Crippen LogP contribution in [0.4, 0.5) is 9.59 Å². The minimum atomic E-state index is -0.333. The molecule has 0 spiro atoms. The number of ether oxygens (including phenoxy) is 2. The third-order valence-corrected chi connectivity index (χ3v) is 11.0. The number of likely N-dealkylation sites (N-methyl/N-ethyl adjacent to an activating group) is 1. The maximum absolute atomic E-state index is 13.4. The summed E-state index contributed by atoms with van der Waals surface area (Å²) >= 11 is 0. The largest absolute Gasteiger partial charge is 0.445 e. The molecule has 316 valence electrons. The van der Waals surface area contributed by atoms with Crippen LogP contribution in [-0.4, -0.2) is 97.2 Å². The molecule has 2 N–H and O–H groups in total. The highest BCUT2D eigenvalue weighted by molar-refractivity contribution is 5.83. The number of benzene rings is 4. The number of hydrogen-bond donors (Lipinski definition) is 2. The molecule has 3 amide bonds. The SMILES string of the molecule is CN[C@H](C(=O)N1CCC[C@H]1CN(CCc1ccccc1)C(=O)OCc1ccccc1)C(C)(C)C.O=C(OCc1ccccc1)N(CCc1ccccc1)C[C@@H]1CCCN1. The Morgan fingerprint density at radius 2 is 1.14 bits per heavy atom. The molecule has 0 aromatic heterocycles. The van der Waals surface area contributed by atoms with Gasteiger partial charge >= 0.3 is 12.2 Å². The van der Waals surface area contributed by atoms with Crippen LogP contribution in [0.5, 0.6) is 0 Å². The standard InChI is InChI=1S/C28H39N3O3.C21H26N2O2/c1-28(2,3)25(29-4)26(32)31-18-11-16-24(31)20-30(19-17-22-12-7-5-8-13-22)27(33)34-21-23-14-9-6-10-15-23;24-21(25-17-19-10-5-2-6-11-19)23(16-20-12-7-14-22-20)15-13-18-8-3-1-4-9-18/h5-10,12-15,24-25,29H,11,16-21H2,1-4H3;1-6,8-11,20,22H,7,12-17H2/t24-,25+;20-/m00/s1. The summed E-state index contributed by atoms with van der Waals surface area (Å²) in [4.78, 5) is 44.7. The highest BCUT2D eigenvalue weighted by Crippen LogP contribution is 2.26. The Bertz CT molecular complexity index is 1820. The van der Waals surface area contributed by atoms with Crippen LogP contribution in [-0.2, 0) is 40.3 Å². The molecular formula is C49H65N5O5. The minimum Gasteiger partial charge on any atom is -0.445 e. The van der Waals surface area contributed by atoms with Crippen LogP contribution in [0.1, 0.15) is 68.7 Å². The van der Waals surface area contributed by atoms with E-state index in [2.05, 4.69) is 55.7 Å². The Hall–Kier alpha value is -5.19. The van der Waals surface area contributed by atoms with E-state index < -0.39 is 0 Å². The first-order valence-electron chi connectivity index (χ1n) is 21.3. The highest BCUT2D eigenvalue weighted by Gasteiger charge is 2.39. The van der Waals surface area contributed by atoms with E-state index in [1.54, 1.807) is 4.90 Å². The van der Waals surface area contributed by atoms with Crippen LogP contribution in [0, 0.1) is 5.41 Å². The van der Waals surface area contributed by atoms with Crippen LogP contribution < -0.4 is 10.6 Å². The summed E-state index contributed by atoms with van der Waals surface area (Å²) < 4.78 is 11.2. The average Bonchev–Trinajstić information content (AvgIpc) is 3.96. The summed E-state index contributed by atoms with van der Waals surface area (Å²) in [5.41, 5.74) is 4.19. The van der Waals surface area contributed by atoms with Crippen molar-refractivity contribution >= 4 is 18.1 Å². The van der Waals surface area contributed by atoms with Gasteiger partial charge in [0.2, 0.25) is 5.91 Å². The van der Waals surface area contributed by atoms with Crippen molar-refractivity contribution in [3.8, 4) is 0 Å². The third-order valence-electron chi connectivity index (χ3n) is 11.0. The Morgan fingerprint density at radius 1 is 0.678 bits per heavy atom. The molecule has 0 bridgehead atoms. The maximum Gasteiger partial charge on any atom is 0.410 e. The molecular weight excluding hydrogens is 739 g/mol. The van der Waals surface area contributed by atoms with Crippen molar-refractivity contribution in [1.82, 2.24) is 25.3 Å². The van der Waals surface area contributed by atoms with Crippen LogP contribution in [0.15, 0.2) is 121 Å². The lowest BCUT2D eigenvalue weighted by atomic mass is 9.86. The molecule has 2 saturated heterocycles. The number of carbonyl (C=O) groups excluding carboxylic acids is 3. The van der Waals surface area contributed by atoms with Gasteiger partial charge in [-0.15, -0.1) is 0 Å². The molecule has 4 aromatic carbocycles. The number of likely N-dealkylation sites (tertiary alicyclic amines) is 1. The van der Waals surface area contributed by atoms with Crippen molar-refractivity contribution in [2.75, 3.05) is 46.3 Å². The highest BCUT2D eigenvalue weighted by atomic mass is 16.6. The number of nitrogens with zero attached hydrogens (tertiary/aromatic N) is 3. The fraction of sp³-hybridized carbons (Fsp3) is 0.449. The van der Waals surface area contributed by atoms with Gasteiger partial charge in [-0.1, -0.05) is 142 Å². The van der Waals surface area contributed by atoms with Gasteiger partial charge in [0.15, 0.2) is 0 Å². The topological polar surface area (TPSA) is 103 Å². The van der Waals surface area contributed by atoms with E-state index >= 15 is 0 Å². The first-order valence-corrected chi connectivity index (χ1v) is 21.3. The summed E-state index contributed by atoms with van der Waals surface area (Å²) in [7, 11) is 1.84. The van der Waals surface area contributed by atoms with Gasteiger partial charge in [-0.25, -0.2) is 9.59 Å². The van der Waals surface area contributed by atoms with E-state index in [9.17, 15) is 14.4 Å². The van der Waals surface area contributed by atoms with E-state index in [1.165, 1.54) is 17.5 Å². The van der Waals surface area contributed by atoms with E-state index in [-0.39, 0.29) is 42.2 Å². The Morgan fingerprint density at radius 3 is 1.56 bits per heavy atom. The van der Waals surface area contributed by atoms with Gasteiger partial charge < -0.3 is 34.8 Å². The molecule has 2 aliphatic heterocycles. The molecule has 10 nitrogen and oxygen atoms in total. The summed E-state index contributed by atoms with van der Waals surface area (Å²) in [5, 5.41) is 6.67. The normalized spacial score (nSPS) is 16.7. The lowest BCUT2D eigenvalue weighted by Gasteiger charge is -2.36. The second kappa shape index (κ2) is 23.4. The molecule has 59 heavy (non-hydrogen) atoms. The molecule has 0 unspecified atom stereocenters. The molecule has 3 atom stereocenters. The molecule has 0 saturated carbocycles. The molecule has 6 rings (SSSR count). The molecule has 10 heteroatoms. The quantitative estimate of drug-likeness (QED) is 0.118. The van der Waals surface area contributed by atoms with Crippen molar-refractivity contribution in [1.29, 1.82) is 0 Å². The van der Waals surface area contributed by atoms with Crippen LogP contribution in [0.25, 0.3) is 0 Å². The lowest BCUT2D eigenvalue weighted by molar-refractivity contribution is -0.137. The molecule has 0 radical (unpaired) electrons. The molecule has 4 aromatic rings. The van der Waals surface area contributed by atoms with Gasteiger partial charge in [-0.3, -0.25) is 4.79 Å². The molecule has 2 aliphatic rings. The van der Waals surface area contributed by atoms with Gasteiger partial charge in [0, 0.05) is 44.8 Å². The monoisotopic (exact) mass is 803 g/mol. The zero-order chi connectivity index (χ0) is 41.9. The van der Waals surface area contributed by atoms with Gasteiger partial charge in [0.1, 0.15) is 13.2 Å². The third kappa shape index (κ3) is 14.9. The zero-order valence-electron chi connectivity index (χ0n) is 35.6. The number of carbonyl (C=O) groups is 3. The van der Waals surface area contributed by atoms with Gasteiger partial charge in [-0.05, 0) is 79.8 Å². The number of amides is 3. The van der Waals surface area contributed by atoms with E-state index in [4.69, 9.17) is 9.47 Å². The van der Waals surface area contributed by atoms with Gasteiger partial charge in [0.05, 0.1) is 6.04 Å². The predicted octanol–water partition coefficient (Wildman–Crippen LogP) is 8.11. The van der Waals surface area contributed by atoms with Crippen molar-refractivity contribution < 1.29 is 23.9 Å². The van der Waals surface area contributed by atoms with Crippen LogP contribution in [0.2, 0.25) is 0 Å². The van der Waals surface area contributed by atoms with E-state index in [1.807, 2.05) is 114 Å². The Balaban J connectivity index is 0.000000235. The summed E-state index contributed by atoms with van der Waals surface area (Å²) in [5.74, 6) is 0.109. The van der Waals surface area contributed by atoms with E-state index in [0.29, 0.717) is 38.8 Å². The minimum absolute atomic E-state index is 0.00857. The number of hydrogen-bond acceptors (Lipinski definition) is 7. The average molecular weight is 804 g/mol.